The molecule has 2 rings (SSSR count). The van der Waals surface area contributed by atoms with Crippen LogP contribution in [0.25, 0.3) is 0 Å². The number of methoxy groups -OCH3 is 1. The van der Waals surface area contributed by atoms with Gasteiger partial charge in [0.25, 0.3) is 0 Å². The molecule has 0 aliphatic carbocycles. The molecule has 1 atom stereocenters. The van der Waals surface area contributed by atoms with Crippen LogP contribution in [0.1, 0.15) is 27.1 Å². The number of hydrogen-bond donors (Lipinski definition) is 0. The summed E-state index contributed by atoms with van der Waals surface area (Å²) in [5, 5.41) is 0. The lowest BCUT2D eigenvalue weighted by Gasteiger charge is -2.16. The Hall–Kier alpha value is -0.800. The molecule has 0 aromatic heterocycles. The zero-order chi connectivity index (χ0) is 14.0. The lowest BCUT2D eigenvalue weighted by atomic mass is 9.99. The zero-order valence-electron chi connectivity index (χ0n) is 11.2. The third kappa shape index (κ3) is 3.21. The molecule has 3 heteroatoms. The molecule has 2 aromatic carbocycles. The van der Waals surface area contributed by atoms with E-state index in [0.717, 1.165) is 10.2 Å². The molecular formula is C16H16Br2O. The van der Waals surface area contributed by atoms with Gasteiger partial charge in [0.05, 0.1) is 11.9 Å². The minimum Gasteiger partial charge on any atom is -0.497 e. The first kappa shape index (κ1) is 14.6. The predicted molar refractivity (Wildman–Crippen MR) is 87.4 cm³/mol. The molecule has 0 bridgehead atoms. The van der Waals surface area contributed by atoms with Gasteiger partial charge in [0.2, 0.25) is 0 Å². The van der Waals surface area contributed by atoms with E-state index in [9.17, 15) is 0 Å². The highest BCUT2D eigenvalue weighted by Gasteiger charge is 2.16. The SMILES string of the molecule is COc1ccc(C(Br)c2cc(C)ccc2Br)c(C)c1. The lowest BCUT2D eigenvalue weighted by Crippen LogP contribution is -1.98. The normalized spacial score (nSPS) is 12.3. The summed E-state index contributed by atoms with van der Waals surface area (Å²) in [4.78, 5) is 0.174. The van der Waals surface area contributed by atoms with E-state index in [4.69, 9.17) is 4.74 Å². The molecule has 0 fully saturated rings. The molecule has 19 heavy (non-hydrogen) atoms. The Morgan fingerprint density at radius 2 is 1.74 bits per heavy atom. The third-order valence-corrected chi connectivity index (χ3v) is 4.88. The smallest absolute Gasteiger partial charge is 0.119 e. The monoisotopic (exact) mass is 382 g/mol. The van der Waals surface area contributed by atoms with Crippen molar-refractivity contribution in [2.75, 3.05) is 7.11 Å². The Morgan fingerprint density at radius 1 is 1.00 bits per heavy atom. The van der Waals surface area contributed by atoms with Crippen LogP contribution in [0, 0.1) is 13.8 Å². The summed E-state index contributed by atoms with van der Waals surface area (Å²) >= 11 is 7.43. The highest BCUT2D eigenvalue weighted by Crippen LogP contribution is 2.38. The topological polar surface area (TPSA) is 9.23 Å². The van der Waals surface area contributed by atoms with Crippen LogP contribution >= 0.6 is 31.9 Å². The van der Waals surface area contributed by atoms with Crippen molar-refractivity contribution in [2.45, 2.75) is 18.7 Å². The third-order valence-electron chi connectivity index (χ3n) is 3.17. The van der Waals surface area contributed by atoms with Gasteiger partial charge in [-0.05, 0) is 48.7 Å². The van der Waals surface area contributed by atoms with Crippen molar-refractivity contribution in [2.24, 2.45) is 0 Å². The van der Waals surface area contributed by atoms with Crippen molar-refractivity contribution in [3.05, 3.63) is 63.1 Å². The summed E-state index contributed by atoms with van der Waals surface area (Å²) in [6, 6.07) is 12.6. The van der Waals surface area contributed by atoms with Crippen LogP contribution in [0.5, 0.6) is 5.75 Å². The molecule has 2 aromatic rings. The Kier molecular flexibility index (Phi) is 4.69. The standard InChI is InChI=1S/C16H16Br2O/c1-10-4-7-15(17)14(8-10)16(18)13-6-5-12(19-3)9-11(13)2/h4-9,16H,1-3H3. The van der Waals surface area contributed by atoms with Gasteiger partial charge in [-0.1, -0.05) is 55.6 Å². The van der Waals surface area contributed by atoms with E-state index in [1.165, 1.54) is 22.3 Å². The van der Waals surface area contributed by atoms with E-state index >= 15 is 0 Å². The quantitative estimate of drug-likeness (QED) is 0.630. The molecule has 0 amide bonds. The van der Waals surface area contributed by atoms with Crippen molar-refractivity contribution in [3.63, 3.8) is 0 Å². The van der Waals surface area contributed by atoms with Crippen molar-refractivity contribution >= 4 is 31.9 Å². The van der Waals surface area contributed by atoms with Gasteiger partial charge in [0, 0.05) is 4.47 Å². The second-order valence-electron chi connectivity index (χ2n) is 4.61. The molecule has 0 saturated carbocycles. The second-order valence-corrected chi connectivity index (χ2v) is 6.38. The largest absolute Gasteiger partial charge is 0.497 e. The number of hydrogen-bond acceptors (Lipinski definition) is 1. The van der Waals surface area contributed by atoms with Crippen LogP contribution < -0.4 is 4.74 Å². The fraction of sp³-hybridized carbons (Fsp3) is 0.250. The van der Waals surface area contributed by atoms with Crippen LogP contribution in [-0.4, -0.2) is 7.11 Å². The van der Waals surface area contributed by atoms with Gasteiger partial charge < -0.3 is 4.74 Å². The molecule has 0 aliphatic rings. The van der Waals surface area contributed by atoms with E-state index in [1.54, 1.807) is 7.11 Å². The van der Waals surface area contributed by atoms with Gasteiger partial charge in [-0.3, -0.25) is 0 Å². The zero-order valence-corrected chi connectivity index (χ0v) is 14.4. The lowest BCUT2D eigenvalue weighted by molar-refractivity contribution is 0.414. The van der Waals surface area contributed by atoms with Crippen molar-refractivity contribution in [3.8, 4) is 5.75 Å². The molecule has 0 saturated heterocycles. The van der Waals surface area contributed by atoms with E-state index in [1.807, 2.05) is 6.07 Å². The fourth-order valence-corrected chi connectivity index (χ4v) is 3.76. The molecule has 1 nitrogen and oxygen atoms in total. The number of halogens is 2. The summed E-state index contributed by atoms with van der Waals surface area (Å²) in [5.74, 6) is 0.893. The molecule has 0 heterocycles. The Morgan fingerprint density at radius 3 is 2.37 bits per heavy atom. The van der Waals surface area contributed by atoms with Crippen LogP contribution in [0.15, 0.2) is 40.9 Å². The minimum absolute atomic E-state index is 0.174. The van der Waals surface area contributed by atoms with Crippen LogP contribution in [0.2, 0.25) is 0 Å². The molecule has 0 N–H and O–H groups in total. The van der Waals surface area contributed by atoms with Gasteiger partial charge in [0.1, 0.15) is 5.75 Å². The first-order valence-corrected chi connectivity index (χ1v) is 7.78. The predicted octanol–water partition coefficient (Wildman–Crippen LogP) is 5.56. The molecule has 0 radical (unpaired) electrons. The number of alkyl halides is 1. The van der Waals surface area contributed by atoms with E-state index in [2.05, 4.69) is 76.0 Å². The summed E-state index contributed by atoms with van der Waals surface area (Å²) < 4.78 is 6.37. The van der Waals surface area contributed by atoms with Crippen molar-refractivity contribution < 1.29 is 4.74 Å². The summed E-state index contributed by atoms with van der Waals surface area (Å²) in [6.07, 6.45) is 0. The number of aryl methyl sites for hydroxylation is 2. The first-order chi connectivity index (χ1) is 9.02. The molecule has 100 valence electrons. The average molecular weight is 384 g/mol. The highest BCUT2D eigenvalue weighted by atomic mass is 79.9. The van der Waals surface area contributed by atoms with Gasteiger partial charge in [-0.25, -0.2) is 0 Å². The maximum Gasteiger partial charge on any atom is 0.119 e. The molecular weight excluding hydrogens is 368 g/mol. The van der Waals surface area contributed by atoms with Crippen LogP contribution in [-0.2, 0) is 0 Å². The first-order valence-electron chi connectivity index (χ1n) is 6.07. The Balaban J connectivity index is 2.43. The van der Waals surface area contributed by atoms with Gasteiger partial charge in [-0.15, -0.1) is 0 Å². The fourth-order valence-electron chi connectivity index (χ4n) is 2.08. The number of rotatable bonds is 3. The van der Waals surface area contributed by atoms with Gasteiger partial charge in [-0.2, -0.15) is 0 Å². The highest BCUT2D eigenvalue weighted by molar-refractivity contribution is 9.11. The maximum atomic E-state index is 5.25. The van der Waals surface area contributed by atoms with E-state index in [0.29, 0.717) is 0 Å². The minimum atomic E-state index is 0.174. The summed E-state index contributed by atoms with van der Waals surface area (Å²) in [6.45, 7) is 4.21. The Labute approximate surface area is 131 Å². The van der Waals surface area contributed by atoms with Crippen molar-refractivity contribution in [1.29, 1.82) is 0 Å². The van der Waals surface area contributed by atoms with Crippen LogP contribution in [0.3, 0.4) is 0 Å². The number of ether oxygens (including phenoxy) is 1. The number of benzene rings is 2. The van der Waals surface area contributed by atoms with E-state index in [-0.39, 0.29) is 4.83 Å². The average Bonchev–Trinajstić information content (AvgIpc) is 2.40. The van der Waals surface area contributed by atoms with Crippen LogP contribution in [0.4, 0.5) is 0 Å². The maximum absolute atomic E-state index is 5.25. The van der Waals surface area contributed by atoms with Crippen molar-refractivity contribution in [1.82, 2.24) is 0 Å². The second kappa shape index (κ2) is 6.10. The summed E-state index contributed by atoms with van der Waals surface area (Å²) in [5.41, 5.74) is 4.98. The summed E-state index contributed by atoms with van der Waals surface area (Å²) in [7, 11) is 1.69. The molecule has 0 aliphatic heterocycles. The molecule has 0 spiro atoms. The van der Waals surface area contributed by atoms with Gasteiger partial charge >= 0.3 is 0 Å². The molecule has 1 unspecified atom stereocenters. The van der Waals surface area contributed by atoms with E-state index < -0.39 is 0 Å². The van der Waals surface area contributed by atoms with Gasteiger partial charge in [0.15, 0.2) is 0 Å². The Bertz CT molecular complexity index is 593.